The van der Waals surface area contributed by atoms with Crippen LogP contribution in [0.4, 0.5) is 0 Å². The molecule has 0 aromatic carbocycles. The van der Waals surface area contributed by atoms with Gasteiger partial charge in [-0.15, -0.1) is 0 Å². The first-order chi connectivity index (χ1) is 9.44. The Morgan fingerprint density at radius 2 is 1.48 bits per heavy atom. The minimum Gasteiger partial charge on any atom is -0.396 e. The van der Waals surface area contributed by atoms with E-state index in [4.69, 9.17) is 13.6 Å². The number of phosphoric ester groups is 1. The molecule has 5 nitrogen and oxygen atoms in total. The highest BCUT2D eigenvalue weighted by atomic mass is 31.2. The fraction of sp³-hybridized carbons (Fsp3) is 1.00. The van der Waals surface area contributed by atoms with E-state index in [9.17, 15) is 9.67 Å². The summed E-state index contributed by atoms with van der Waals surface area (Å²) in [6, 6.07) is 0. The third-order valence-electron chi connectivity index (χ3n) is 3.11. The van der Waals surface area contributed by atoms with Gasteiger partial charge in [-0.05, 0) is 54.4 Å². The molecule has 6 heteroatoms. The summed E-state index contributed by atoms with van der Waals surface area (Å²) >= 11 is 0. The molecule has 0 radical (unpaired) electrons. The lowest BCUT2D eigenvalue weighted by Crippen LogP contribution is -2.32. The van der Waals surface area contributed by atoms with E-state index < -0.39 is 19.0 Å². The molecular weight excluding hydrogens is 291 g/mol. The molecule has 0 unspecified atom stereocenters. The molecule has 0 spiro atoms. The van der Waals surface area contributed by atoms with Crippen LogP contribution in [0.15, 0.2) is 0 Å². The summed E-state index contributed by atoms with van der Waals surface area (Å²) in [7, 11) is -3.69. The Labute approximate surface area is 129 Å². The molecule has 126 valence electrons. The summed E-state index contributed by atoms with van der Waals surface area (Å²) in [6.07, 6.45) is 3.45. The molecule has 0 aromatic rings. The van der Waals surface area contributed by atoms with E-state index in [2.05, 4.69) is 0 Å². The van der Waals surface area contributed by atoms with Crippen LogP contribution < -0.4 is 0 Å². The van der Waals surface area contributed by atoms with Crippen LogP contribution in [0.25, 0.3) is 0 Å². The predicted octanol–water partition coefficient (Wildman–Crippen LogP) is 4.29. The molecule has 1 saturated carbocycles. The van der Waals surface area contributed by atoms with Crippen molar-refractivity contribution in [3.63, 3.8) is 0 Å². The van der Waals surface area contributed by atoms with Crippen LogP contribution in [0, 0.1) is 5.92 Å². The zero-order valence-corrected chi connectivity index (χ0v) is 15.1. The van der Waals surface area contributed by atoms with Gasteiger partial charge in [0.25, 0.3) is 0 Å². The van der Waals surface area contributed by atoms with Crippen molar-refractivity contribution in [3.8, 4) is 0 Å². The van der Waals surface area contributed by atoms with E-state index in [0.29, 0.717) is 0 Å². The first-order valence-corrected chi connectivity index (χ1v) is 9.21. The second-order valence-electron chi connectivity index (χ2n) is 7.73. The van der Waals surface area contributed by atoms with Gasteiger partial charge < -0.3 is 5.11 Å². The van der Waals surface area contributed by atoms with Crippen molar-refractivity contribution in [2.75, 3.05) is 6.61 Å². The molecule has 1 aliphatic carbocycles. The van der Waals surface area contributed by atoms with Gasteiger partial charge in [0, 0.05) is 12.5 Å². The molecule has 0 bridgehead atoms. The Bertz CT molecular complexity index is 349. The fourth-order valence-electron chi connectivity index (χ4n) is 2.42. The fourth-order valence-corrected chi connectivity index (χ4v) is 4.49. The van der Waals surface area contributed by atoms with Crippen molar-refractivity contribution in [3.05, 3.63) is 0 Å². The van der Waals surface area contributed by atoms with Crippen molar-refractivity contribution in [1.29, 1.82) is 0 Å². The van der Waals surface area contributed by atoms with E-state index in [1.807, 2.05) is 41.5 Å². The van der Waals surface area contributed by atoms with Crippen molar-refractivity contribution in [1.82, 2.24) is 0 Å². The van der Waals surface area contributed by atoms with Gasteiger partial charge in [-0.1, -0.05) is 12.8 Å². The lowest BCUT2D eigenvalue weighted by atomic mass is 9.87. The Morgan fingerprint density at radius 3 is 1.90 bits per heavy atom. The summed E-state index contributed by atoms with van der Waals surface area (Å²) in [4.78, 5) is 0. The van der Waals surface area contributed by atoms with E-state index in [0.717, 1.165) is 25.7 Å². The van der Waals surface area contributed by atoms with Gasteiger partial charge in [-0.3, -0.25) is 13.6 Å². The first-order valence-electron chi connectivity index (χ1n) is 7.75. The van der Waals surface area contributed by atoms with Crippen molar-refractivity contribution >= 4 is 7.82 Å². The van der Waals surface area contributed by atoms with Gasteiger partial charge in [0.05, 0.1) is 17.3 Å². The van der Waals surface area contributed by atoms with E-state index in [1.165, 1.54) is 0 Å². The van der Waals surface area contributed by atoms with E-state index in [1.54, 1.807) is 0 Å². The van der Waals surface area contributed by atoms with Crippen LogP contribution in [0.1, 0.15) is 67.2 Å². The third kappa shape index (κ3) is 7.25. The van der Waals surface area contributed by atoms with Gasteiger partial charge in [-0.25, -0.2) is 4.57 Å². The number of hydrogen-bond donors (Lipinski definition) is 1. The Balaban J connectivity index is 2.88. The van der Waals surface area contributed by atoms with E-state index >= 15 is 0 Å². The summed E-state index contributed by atoms with van der Waals surface area (Å²) in [5.74, 6) is -0.000730. The van der Waals surface area contributed by atoms with Gasteiger partial charge in [0.2, 0.25) is 0 Å². The largest absolute Gasteiger partial charge is 0.476 e. The van der Waals surface area contributed by atoms with Crippen LogP contribution in [0.3, 0.4) is 0 Å². The highest BCUT2D eigenvalue weighted by Crippen LogP contribution is 2.57. The molecule has 0 saturated heterocycles. The lowest BCUT2D eigenvalue weighted by Gasteiger charge is -2.36. The summed E-state index contributed by atoms with van der Waals surface area (Å²) < 4.78 is 30.1. The van der Waals surface area contributed by atoms with Crippen molar-refractivity contribution in [2.45, 2.75) is 84.5 Å². The zero-order chi connectivity index (χ0) is 16.3. The van der Waals surface area contributed by atoms with Crippen LogP contribution in [0.5, 0.6) is 0 Å². The topological polar surface area (TPSA) is 65.0 Å². The Kier molecular flexibility index (Phi) is 6.46. The lowest BCUT2D eigenvalue weighted by molar-refractivity contribution is -0.0353. The maximum atomic E-state index is 13.0. The Hall–Kier alpha value is 0.0700. The molecule has 1 aliphatic rings. The van der Waals surface area contributed by atoms with Crippen molar-refractivity contribution < 1.29 is 23.2 Å². The molecule has 1 rings (SSSR count). The second-order valence-corrected chi connectivity index (χ2v) is 9.20. The van der Waals surface area contributed by atoms with Crippen LogP contribution >= 0.6 is 7.82 Å². The monoisotopic (exact) mass is 322 g/mol. The molecule has 0 aliphatic heterocycles. The molecule has 0 aromatic heterocycles. The second kappa shape index (κ2) is 7.10. The summed E-state index contributed by atoms with van der Waals surface area (Å²) in [6.45, 7) is 11.0. The van der Waals surface area contributed by atoms with Crippen LogP contribution in [-0.4, -0.2) is 29.0 Å². The maximum absolute atomic E-state index is 13.0. The zero-order valence-electron chi connectivity index (χ0n) is 14.2. The SMILES string of the molecule is CC(C)(C)OP(=O)(O[C@H]1CCCC[C@H]1CO)OC(C)(C)C. The van der Waals surface area contributed by atoms with Crippen molar-refractivity contribution in [2.24, 2.45) is 5.92 Å². The Morgan fingerprint density at radius 1 is 1.00 bits per heavy atom. The highest BCUT2D eigenvalue weighted by Gasteiger charge is 2.41. The standard InChI is InChI=1S/C15H31O5P/c1-14(2,3)19-21(17,20-15(4,5)6)18-13-10-8-7-9-12(13)11-16/h12-13,16H,7-11H2,1-6H3/t12-,13-/m0/s1. The molecule has 2 atom stereocenters. The van der Waals surface area contributed by atoms with Gasteiger partial charge in [-0.2, -0.15) is 0 Å². The van der Waals surface area contributed by atoms with Crippen LogP contribution in [0.2, 0.25) is 0 Å². The molecular formula is C15H31O5P. The molecule has 0 amide bonds. The summed E-state index contributed by atoms with van der Waals surface area (Å²) in [5.41, 5.74) is -1.27. The molecule has 1 N–H and O–H groups in total. The number of hydrogen-bond acceptors (Lipinski definition) is 5. The predicted molar refractivity (Wildman–Crippen MR) is 83.2 cm³/mol. The minimum absolute atomic E-state index is 0.000730. The quantitative estimate of drug-likeness (QED) is 0.765. The number of rotatable bonds is 5. The average Bonchev–Trinajstić information content (AvgIpc) is 2.23. The number of phosphoric acid groups is 1. The smallest absolute Gasteiger partial charge is 0.396 e. The number of aliphatic hydroxyl groups is 1. The normalized spacial score (nSPS) is 25.1. The average molecular weight is 322 g/mol. The van der Waals surface area contributed by atoms with E-state index in [-0.39, 0.29) is 18.6 Å². The maximum Gasteiger partial charge on any atom is 0.476 e. The number of aliphatic hydroxyl groups excluding tert-OH is 1. The molecule has 1 fully saturated rings. The van der Waals surface area contributed by atoms with Gasteiger partial charge in [0.15, 0.2) is 0 Å². The minimum atomic E-state index is -3.69. The molecule has 0 heterocycles. The summed E-state index contributed by atoms with van der Waals surface area (Å²) in [5, 5.41) is 9.47. The molecule has 21 heavy (non-hydrogen) atoms. The highest BCUT2D eigenvalue weighted by molar-refractivity contribution is 7.48. The third-order valence-corrected chi connectivity index (χ3v) is 5.18. The van der Waals surface area contributed by atoms with Gasteiger partial charge >= 0.3 is 7.82 Å². The van der Waals surface area contributed by atoms with Crippen LogP contribution in [-0.2, 0) is 18.1 Å². The first kappa shape index (κ1) is 19.1. The van der Waals surface area contributed by atoms with Gasteiger partial charge in [0.1, 0.15) is 0 Å².